The highest BCUT2D eigenvalue weighted by Crippen LogP contribution is 2.28. The van der Waals surface area contributed by atoms with Gasteiger partial charge in [-0.15, -0.1) is 0 Å². The Hall–Kier alpha value is -1.01. The van der Waals surface area contributed by atoms with Crippen molar-refractivity contribution in [2.24, 2.45) is 0 Å². The lowest BCUT2D eigenvalue weighted by atomic mass is 10.0. The van der Waals surface area contributed by atoms with Crippen molar-refractivity contribution < 1.29 is 4.74 Å². The van der Waals surface area contributed by atoms with Crippen LogP contribution in [0.2, 0.25) is 0 Å². The van der Waals surface area contributed by atoms with Crippen molar-refractivity contribution in [3.63, 3.8) is 0 Å². The molecule has 0 spiro atoms. The number of hydrogen-bond acceptors (Lipinski definition) is 2. The molecule has 0 aliphatic rings. The van der Waals surface area contributed by atoms with Gasteiger partial charge in [-0.1, -0.05) is 22.0 Å². The maximum absolute atomic E-state index is 8.76. The van der Waals surface area contributed by atoms with Crippen molar-refractivity contribution in [2.45, 2.75) is 12.8 Å². The molecule has 0 aromatic heterocycles. The maximum Gasteiger partial charge on any atom is 0.124 e. The van der Waals surface area contributed by atoms with Crippen LogP contribution >= 0.6 is 15.9 Å². The standard InChI is InChI=1S/C10H10BrNO/c1-7(6-12)9-4-3-8(11)5-10(9)13-2/h3-5,7H,1-2H3. The summed E-state index contributed by atoms with van der Waals surface area (Å²) in [5.41, 5.74) is 0.924. The Morgan fingerprint density at radius 3 is 2.77 bits per heavy atom. The van der Waals surface area contributed by atoms with Gasteiger partial charge in [-0.3, -0.25) is 0 Å². The Labute approximate surface area is 86.3 Å². The lowest BCUT2D eigenvalue weighted by Crippen LogP contribution is -1.94. The molecule has 0 radical (unpaired) electrons. The molecule has 0 amide bonds. The van der Waals surface area contributed by atoms with E-state index in [2.05, 4.69) is 22.0 Å². The molecule has 0 aliphatic carbocycles. The monoisotopic (exact) mass is 239 g/mol. The predicted molar refractivity (Wildman–Crippen MR) is 54.7 cm³/mol. The Morgan fingerprint density at radius 1 is 1.54 bits per heavy atom. The fourth-order valence-electron chi connectivity index (χ4n) is 1.11. The summed E-state index contributed by atoms with van der Waals surface area (Å²) in [6.07, 6.45) is 0. The smallest absolute Gasteiger partial charge is 0.124 e. The van der Waals surface area contributed by atoms with Gasteiger partial charge in [0.25, 0.3) is 0 Å². The summed E-state index contributed by atoms with van der Waals surface area (Å²) in [4.78, 5) is 0. The largest absolute Gasteiger partial charge is 0.496 e. The van der Waals surface area contributed by atoms with Crippen molar-refractivity contribution >= 4 is 15.9 Å². The van der Waals surface area contributed by atoms with E-state index in [1.165, 1.54) is 0 Å². The third-order valence-electron chi connectivity index (χ3n) is 1.86. The lowest BCUT2D eigenvalue weighted by Gasteiger charge is -2.09. The zero-order valence-corrected chi connectivity index (χ0v) is 9.13. The second kappa shape index (κ2) is 4.29. The molecule has 1 atom stereocenters. The van der Waals surface area contributed by atoms with E-state index >= 15 is 0 Å². The summed E-state index contributed by atoms with van der Waals surface area (Å²) in [6.45, 7) is 1.85. The lowest BCUT2D eigenvalue weighted by molar-refractivity contribution is 0.408. The van der Waals surface area contributed by atoms with Gasteiger partial charge in [-0.05, 0) is 19.1 Å². The molecule has 2 nitrogen and oxygen atoms in total. The van der Waals surface area contributed by atoms with Crippen LogP contribution in [0.3, 0.4) is 0 Å². The normalized spacial score (nSPS) is 11.8. The Kier molecular flexibility index (Phi) is 3.32. The van der Waals surface area contributed by atoms with E-state index in [1.54, 1.807) is 7.11 Å². The fraction of sp³-hybridized carbons (Fsp3) is 0.300. The van der Waals surface area contributed by atoms with Crippen LogP contribution in [0, 0.1) is 11.3 Å². The molecular formula is C10H10BrNO. The molecule has 0 bridgehead atoms. The van der Waals surface area contributed by atoms with Crippen molar-refractivity contribution in [1.29, 1.82) is 5.26 Å². The molecule has 68 valence electrons. The van der Waals surface area contributed by atoms with Crippen molar-refractivity contribution in [3.05, 3.63) is 28.2 Å². The summed E-state index contributed by atoms with van der Waals surface area (Å²) in [5.74, 6) is 0.617. The third-order valence-corrected chi connectivity index (χ3v) is 2.35. The first-order chi connectivity index (χ1) is 6.19. The number of nitriles is 1. The summed E-state index contributed by atoms with van der Waals surface area (Å²) >= 11 is 3.35. The van der Waals surface area contributed by atoms with Gasteiger partial charge in [0.2, 0.25) is 0 Å². The zero-order chi connectivity index (χ0) is 9.84. The van der Waals surface area contributed by atoms with Crippen LogP contribution in [-0.2, 0) is 0 Å². The van der Waals surface area contributed by atoms with Gasteiger partial charge in [-0.25, -0.2) is 0 Å². The molecule has 0 aliphatic heterocycles. The molecular weight excluding hydrogens is 230 g/mol. The van der Waals surface area contributed by atoms with Crippen LogP contribution in [-0.4, -0.2) is 7.11 Å². The van der Waals surface area contributed by atoms with Crippen molar-refractivity contribution in [1.82, 2.24) is 0 Å². The molecule has 0 heterocycles. The zero-order valence-electron chi connectivity index (χ0n) is 7.54. The predicted octanol–water partition coefficient (Wildman–Crippen LogP) is 3.08. The maximum atomic E-state index is 8.76. The highest BCUT2D eigenvalue weighted by molar-refractivity contribution is 9.10. The SMILES string of the molecule is COc1cc(Br)ccc1C(C)C#N. The molecule has 0 fully saturated rings. The summed E-state index contributed by atoms with van der Waals surface area (Å²) in [7, 11) is 1.61. The Balaban J connectivity index is 3.15. The van der Waals surface area contributed by atoms with E-state index in [1.807, 2.05) is 25.1 Å². The Morgan fingerprint density at radius 2 is 2.23 bits per heavy atom. The van der Waals surface area contributed by atoms with Gasteiger partial charge in [0.05, 0.1) is 19.1 Å². The first kappa shape index (κ1) is 10.1. The van der Waals surface area contributed by atoms with E-state index in [0.29, 0.717) is 0 Å². The summed E-state index contributed by atoms with van der Waals surface area (Å²) in [6, 6.07) is 7.85. The van der Waals surface area contributed by atoms with Gasteiger partial charge < -0.3 is 4.74 Å². The molecule has 13 heavy (non-hydrogen) atoms. The number of hydrogen-bond donors (Lipinski definition) is 0. The molecule has 1 unspecified atom stereocenters. The van der Waals surface area contributed by atoms with Crippen LogP contribution in [0.5, 0.6) is 5.75 Å². The molecule has 1 rings (SSSR count). The van der Waals surface area contributed by atoms with Gasteiger partial charge in [-0.2, -0.15) is 5.26 Å². The first-order valence-electron chi connectivity index (χ1n) is 3.92. The average Bonchev–Trinajstić information content (AvgIpc) is 2.16. The highest BCUT2D eigenvalue weighted by Gasteiger charge is 2.10. The summed E-state index contributed by atoms with van der Waals surface area (Å²) in [5, 5.41) is 8.76. The molecule has 0 N–H and O–H groups in total. The minimum Gasteiger partial charge on any atom is -0.496 e. The van der Waals surface area contributed by atoms with Crippen LogP contribution < -0.4 is 4.74 Å². The van der Waals surface area contributed by atoms with Gasteiger partial charge in [0, 0.05) is 10.0 Å². The van der Waals surface area contributed by atoms with Gasteiger partial charge in [0.1, 0.15) is 5.75 Å². The minimum atomic E-state index is -0.136. The van der Waals surface area contributed by atoms with E-state index in [4.69, 9.17) is 10.00 Å². The summed E-state index contributed by atoms with van der Waals surface area (Å²) < 4.78 is 6.12. The fourth-order valence-corrected chi connectivity index (χ4v) is 1.45. The van der Waals surface area contributed by atoms with E-state index in [9.17, 15) is 0 Å². The Bertz CT molecular complexity index is 343. The molecule has 3 heteroatoms. The number of ether oxygens (including phenoxy) is 1. The molecule has 0 saturated heterocycles. The highest BCUT2D eigenvalue weighted by atomic mass is 79.9. The second-order valence-electron chi connectivity index (χ2n) is 2.74. The van der Waals surface area contributed by atoms with E-state index in [-0.39, 0.29) is 5.92 Å². The van der Waals surface area contributed by atoms with Gasteiger partial charge in [0.15, 0.2) is 0 Å². The molecule has 1 aromatic carbocycles. The van der Waals surface area contributed by atoms with Crippen LogP contribution in [0.25, 0.3) is 0 Å². The van der Waals surface area contributed by atoms with Gasteiger partial charge >= 0.3 is 0 Å². The number of rotatable bonds is 2. The van der Waals surface area contributed by atoms with E-state index in [0.717, 1.165) is 15.8 Å². The molecule has 1 aromatic rings. The number of halogens is 1. The topological polar surface area (TPSA) is 33.0 Å². The van der Waals surface area contributed by atoms with E-state index < -0.39 is 0 Å². The van der Waals surface area contributed by atoms with Crippen LogP contribution in [0.15, 0.2) is 22.7 Å². The number of benzene rings is 1. The third kappa shape index (κ3) is 2.22. The first-order valence-corrected chi connectivity index (χ1v) is 4.71. The quantitative estimate of drug-likeness (QED) is 0.795. The number of methoxy groups -OCH3 is 1. The van der Waals surface area contributed by atoms with Crippen LogP contribution in [0.4, 0.5) is 0 Å². The number of nitrogens with zero attached hydrogens (tertiary/aromatic N) is 1. The average molecular weight is 240 g/mol. The minimum absolute atomic E-state index is 0.136. The van der Waals surface area contributed by atoms with Crippen molar-refractivity contribution in [2.75, 3.05) is 7.11 Å². The second-order valence-corrected chi connectivity index (χ2v) is 3.65. The van der Waals surface area contributed by atoms with Crippen molar-refractivity contribution in [3.8, 4) is 11.8 Å². The van der Waals surface area contributed by atoms with Crippen LogP contribution in [0.1, 0.15) is 18.4 Å². The molecule has 0 saturated carbocycles.